The Labute approximate surface area is 255 Å². The van der Waals surface area contributed by atoms with E-state index in [0.29, 0.717) is 0 Å². The highest BCUT2D eigenvalue weighted by Crippen LogP contribution is 2.44. The molecule has 5 N–H and O–H groups in total. The molecule has 0 aromatic heterocycles. The van der Waals surface area contributed by atoms with Crippen molar-refractivity contribution >= 4 is 24.1 Å². The number of rotatable bonds is 11. The third-order valence-corrected chi connectivity index (χ3v) is 6.82. The molecule has 0 fully saturated rings. The fourth-order valence-electron chi connectivity index (χ4n) is 4.79. The number of ether oxygens (including phenoxy) is 3. The molecule has 2 amide bonds. The Hall–Kier alpha value is -4.90. The van der Waals surface area contributed by atoms with E-state index in [4.69, 9.17) is 14.2 Å². The second-order valence-electron chi connectivity index (χ2n) is 11.3. The van der Waals surface area contributed by atoms with E-state index in [2.05, 4.69) is 15.6 Å². The van der Waals surface area contributed by atoms with Crippen molar-refractivity contribution < 1.29 is 43.8 Å². The van der Waals surface area contributed by atoms with E-state index < -0.39 is 48.3 Å². The summed E-state index contributed by atoms with van der Waals surface area (Å²) >= 11 is 0. The van der Waals surface area contributed by atoms with E-state index in [1.807, 2.05) is 54.6 Å². The van der Waals surface area contributed by atoms with Gasteiger partial charge in [-0.1, -0.05) is 78.9 Å². The molecule has 2 atom stereocenters. The lowest BCUT2D eigenvalue weighted by Crippen LogP contribution is -2.86. The Morgan fingerprint density at radius 2 is 1.48 bits per heavy atom. The van der Waals surface area contributed by atoms with Crippen LogP contribution in [0.5, 0.6) is 0 Å². The molecule has 1 aliphatic rings. The summed E-state index contributed by atoms with van der Waals surface area (Å²) in [6, 6.07) is 22.1. The standard InChI is InChI=1S/C33H37N3O8/c1-33(2,3)44-32(41)36-27(29(38)35-28(18-37)30(39)42-19-21-11-5-4-6-12-21)17-34-31(40)43-20-26-24-15-9-7-13-22(24)23-14-8-10-16-25(23)26/h4-16,26-28,37H,17-20H2,1-3H3,(H,34,40)(H,35,38)(H,36,41)/p+1/t27-,28-/m0/s1. The first-order chi connectivity index (χ1) is 21.1. The molecule has 0 radical (unpaired) electrons. The fraction of sp³-hybridized carbons (Fsp3) is 0.333. The molecule has 232 valence electrons. The zero-order chi connectivity index (χ0) is 31.7. The van der Waals surface area contributed by atoms with Crippen LogP contribution >= 0.6 is 0 Å². The van der Waals surface area contributed by atoms with Gasteiger partial charge in [0.15, 0.2) is 6.04 Å². The zero-order valence-electron chi connectivity index (χ0n) is 24.9. The van der Waals surface area contributed by atoms with E-state index in [-0.39, 0.29) is 25.7 Å². The molecule has 0 aliphatic heterocycles. The monoisotopic (exact) mass is 604 g/mol. The van der Waals surface area contributed by atoms with Crippen LogP contribution in [0.2, 0.25) is 0 Å². The van der Waals surface area contributed by atoms with Gasteiger partial charge in [0.1, 0.15) is 18.8 Å². The molecule has 1 aliphatic carbocycles. The van der Waals surface area contributed by atoms with Crippen LogP contribution in [0.3, 0.4) is 0 Å². The van der Waals surface area contributed by atoms with Gasteiger partial charge in [0, 0.05) is 5.92 Å². The summed E-state index contributed by atoms with van der Waals surface area (Å²) in [6.45, 7) is 4.01. The van der Waals surface area contributed by atoms with Crippen molar-refractivity contribution in [2.24, 2.45) is 0 Å². The van der Waals surface area contributed by atoms with Crippen LogP contribution in [0.1, 0.15) is 43.4 Å². The van der Waals surface area contributed by atoms with Crippen LogP contribution in [0, 0.1) is 0 Å². The number of hydrogen-bond acceptors (Lipinski definition) is 7. The molecule has 0 saturated heterocycles. The molecule has 11 nitrogen and oxygen atoms in total. The summed E-state index contributed by atoms with van der Waals surface area (Å²) < 4.78 is 16.1. The highest BCUT2D eigenvalue weighted by Gasteiger charge is 2.33. The van der Waals surface area contributed by atoms with E-state index >= 15 is 0 Å². The van der Waals surface area contributed by atoms with Crippen molar-refractivity contribution in [3.8, 4) is 11.1 Å². The van der Waals surface area contributed by atoms with Gasteiger partial charge >= 0.3 is 18.1 Å². The first-order valence-electron chi connectivity index (χ1n) is 14.3. The Kier molecular flexibility index (Phi) is 10.6. The van der Waals surface area contributed by atoms with E-state index in [9.17, 15) is 24.6 Å². The van der Waals surface area contributed by atoms with Crippen LogP contribution in [-0.4, -0.2) is 71.7 Å². The van der Waals surface area contributed by atoms with Gasteiger partial charge in [-0.15, -0.1) is 0 Å². The molecule has 3 aromatic rings. The summed E-state index contributed by atoms with van der Waals surface area (Å²) in [5, 5.41) is 25.0. The lowest BCUT2D eigenvalue weighted by atomic mass is 9.98. The van der Waals surface area contributed by atoms with Gasteiger partial charge in [0.2, 0.25) is 0 Å². The molecule has 44 heavy (non-hydrogen) atoms. The molecular formula is C33H38N3O8+. The number of alkyl carbamates (subject to hydrolysis) is 1. The van der Waals surface area contributed by atoms with Crippen molar-refractivity contribution in [2.75, 3.05) is 19.8 Å². The Morgan fingerprint density at radius 1 is 0.886 bits per heavy atom. The lowest BCUT2D eigenvalue weighted by Gasteiger charge is -2.19. The topological polar surface area (TPSA) is 157 Å². The van der Waals surface area contributed by atoms with Gasteiger partial charge in [-0.2, -0.15) is 4.99 Å². The highest BCUT2D eigenvalue weighted by atomic mass is 16.6. The summed E-state index contributed by atoms with van der Waals surface area (Å²) in [7, 11) is 0. The smallest absolute Gasteiger partial charge is 0.459 e. The SMILES string of the molecule is CC(C)(C)OC(O)=[NH+][C@@H](CNC(=O)OCC1c2ccccc2-c2ccccc21)C(=O)N[C@@H](CO)C(=O)OCc1ccccc1. The second kappa shape index (κ2) is 14.5. The fourth-order valence-corrected chi connectivity index (χ4v) is 4.79. The maximum Gasteiger partial charge on any atom is 0.546 e. The number of esters is 1. The van der Waals surface area contributed by atoms with Crippen LogP contribution < -0.4 is 15.6 Å². The van der Waals surface area contributed by atoms with Gasteiger partial charge in [0.25, 0.3) is 11.9 Å². The lowest BCUT2D eigenvalue weighted by molar-refractivity contribution is -0.506. The molecule has 0 saturated carbocycles. The summed E-state index contributed by atoms with van der Waals surface area (Å²) in [6.07, 6.45) is -1.46. The van der Waals surface area contributed by atoms with E-state index in [1.54, 1.807) is 45.0 Å². The number of amides is 2. The minimum absolute atomic E-state index is 0.0505. The second-order valence-corrected chi connectivity index (χ2v) is 11.3. The first kappa shape index (κ1) is 32.0. The number of benzene rings is 3. The number of fused-ring (bicyclic) bond motifs is 3. The molecule has 3 aromatic carbocycles. The quantitative estimate of drug-likeness (QED) is 0.126. The van der Waals surface area contributed by atoms with Gasteiger partial charge in [-0.3, -0.25) is 4.79 Å². The predicted octanol–water partition coefficient (Wildman–Crippen LogP) is 1.92. The molecule has 11 heteroatoms. The van der Waals surface area contributed by atoms with Crippen LogP contribution in [-0.2, 0) is 30.4 Å². The average Bonchev–Trinajstić information content (AvgIpc) is 3.32. The molecule has 0 bridgehead atoms. The van der Waals surface area contributed by atoms with Gasteiger partial charge in [-0.25, -0.2) is 9.59 Å². The third-order valence-electron chi connectivity index (χ3n) is 6.82. The normalized spacial score (nSPS) is 14.0. The number of hydrogen-bond donors (Lipinski definition) is 5. The molecule has 0 heterocycles. The summed E-state index contributed by atoms with van der Waals surface area (Å²) in [5.41, 5.74) is 4.21. The minimum atomic E-state index is -1.39. The molecule has 0 spiro atoms. The number of carbonyl (C=O) groups is 3. The van der Waals surface area contributed by atoms with E-state index in [1.165, 1.54) is 0 Å². The molecule has 0 unspecified atom stereocenters. The number of aliphatic hydroxyl groups is 2. The minimum Gasteiger partial charge on any atom is -0.459 e. The zero-order valence-corrected chi connectivity index (χ0v) is 24.9. The van der Waals surface area contributed by atoms with Crippen molar-refractivity contribution in [1.82, 2.24) is 10.6 Å². The number of aliphatic hydroxyl groups excluding tert-OH is 2. The van der Waals surface area contributed by atoms with Crippen LogP contribution in [0.15, 0.2) is 78.9 Å². The van der Waals surface area contributed by atoms with Crippen molar-refractivity contribution in [1.29, 1.82) is 0 Å². The summed E-state index contributed by atoms with van der Waals surface area (Å²) in [5.74, 6) is -1.83. The largest absolute Gasteiger partial charge is 0.546 e. The van der Waals surface area contributed by atoms with Crippen molar-refractivity contribution in [2.45, 2.75) is 51.0 Å². The third kappa shape index (κ3) is 8.57. The Morgan fingerprint density at radius 3 is 2.07 bits per heavy atom. The van der Waals surface area contributed by atoms with Crippen molar-refractivity contribution in [3.63, 3.8) is 0 Å². The Bertz CT molecular complexity index is 1440. The Balaban J connectivity index is 1.39. The number of carbonyl (C=O) groups excluding carboxylic acids is 3. The predicted molar refractivity (Wildman–Crippen MR) is 162 cm³/mol. The van der Waals surface area contributed by atoms with Crippen LogP contribution in [0.4, 0.5) is 4.79 Å². The first-order valence-corrected chi connectivity index (χ1v) is 14.3. The van der Waals surface area contributed by atoms with Crippen LogP contribution in [0.25, 0.3) is 11.1 Å². The van der Waals surface area contributed by atoms with E-state index in [0.717, 1.165) is 27.8 Å². The summed E-state index contributed by atoms with van der Waals surface area (Å²) in [4.78, 5) is 41.0. The number of nitrogens with one attached hydrogen (secondary N) is 3. The highest BCUT2D eigenvalue weighted by molar-refractivity contribution is 5.87. The van der Waals surface area contributed by atoms with Crippen molar-refractivity contribution in [3.05, 3.63) is 95.6 Å². The van der Waals surface area contributed by atoms with Gasteiger partial charge < -0.3 is 35.1 Å². The average molecular weight is 605 g/mol. The molecular weight excluding hydrogens is 566 g/mol. The van der Waals surface area contributed by atoms with Gasteiger partial charge in [0.05, 0.1) is 13.2 Å². The maximum atomic E-state index is 13.2. The van der Waals surface area contributed by atoms with Gasteiger partial charge in [-0.05, 0) is 48.6 Å². The molecule has 4 rings (SSSR count). The maximum absolute atomic E-state index is 13.2.